The largest absolute Gasteiger partial charge is 0.456 e. The first kappa shape index (κ1) is 31.1. The lowest BCUT2D eigenvalue weighted by atomic mass is 9.45. The summed E-state index contributed by atoms with van der Waals surface area (Å²) in [5, 5.41) is 7.11. The first-order valence-electron chi connectivity index (χ1n) is 20.1. The van der Waals surface area contributed by atoms with Gasteiger partial charge in [0, 0.05) is 77.6 Å². The number of aryl methyl sites for hydroxylation is 1. The van der Waals surface area contributed by atoms with Crippen molar-refractivity contribution < 1.29 is 8.83 Å². The summed E-state index contributed by atoms with van der Waals surface area (Å²) in [5.41, 5.74) is 19.1. The lowest BCUT2D eigenvalue weighted by Gasteiger charge is -2.44. The normalized spacial score (nSPS) is 16.4. The van der Waals surface area contributed by atoms with Crippen molar-refractivity contribution in [3.63, 3.8) is 0 Å². The molecule has 0 amide bonds. The van der Waals surface area contributed by atoms with Crippen LogP contribution in [0.1, 0.15) is 57.2 Å². The molecule has 3 aromatic heterocycles. The lowest BCUT2D eigenvalue weighted by molar-refractivity contribution is 0.332. The van der Waals surface area contributed by atoms with E-state index in [-0.39, 0.29) is 17.7 Å². The highest BCUT2D eigenvalue weighted by atomic mass is 16.3. The van der Waals surface area contributed by atoms with Crippen molar-refractivity contribution >= 4 is 101 Å². The van der Waals surface area contributed by atoms with Crippen molar-refractivity contribution in [1.29, 1.82) is 0 Å². The minimum absolute atomic E-state index is 0.0515. The van der Waals surface area contributed by atoms with E-state index >= 15 is 0 Å². The molecule has 2 aliphatic heterocycles. The number of anilines is 3. The van der Waals surface area contributed by atoms with E-state index in [1.165, 1.54) is 78.3 Å². The molecule has 56 heavy (non-hydrogen) atoms. The summed E-state index contributed by atoms with van der Waals surface area (Å²) in [6.07, 6.45) is 2.34. The van der Waals surface area contributed by atoms with Gasteiger partial charge >= 0.3 is 6.85 Å². The molecule has 0 fully saturated rings. The summed E-state index contributed by atoms with van der Waals surface area (Å²) in [6, 6.07) is 45.1. The van der Waals surface area contributed by atoms with Crippen LogP contribution in [0.2, 0.25) is 0 Å². The van der Waals surface area contributed by atoms with E-state index in [9.17, 15) is 0 Å². The zero-order valence-electron chi connectivity index (χ0n) is 32.2. The van der Waals surface area contributed by atoms with Gasteiger partial charge in [0.05, 0.1) is 0 Å². The number of benzene rings is 7. The summed E-state index contributed by atoms with van der Waals surface area (Å²) >= 11 is 0. The Morgan fingerprint density at radius 2 is 1.21 bits per heavy atom. The van der Waals surface area contributed by atoms with Crippen LogP contribution in [0.15, 0.2) is 130 Å². The van der Waals surface area contributed by atoms with Crippen LogP contribution in [0.4, 0.5) is 17.1 Å². The average Bonchev–Trinajstić information content (AvgIpc) is 3.87. The third kappa shape index (κ3) is 3.72. The molecule has 0 bridgehead atoms. The van der Waals surface area contributed by atoms with Crippen LogP contribution in [0, 0.1) is 6.92 Å². The highest BCUT2D eigenvalue weighted by molar-refractivity contribution is 6.90. The van der Waals surface area contributed by atoms with Gasteiger partial charge in [-0.3, -0.25) is 0 Å². The molecule has 13 rings (SSSR count). The third-order valence-corrected chi connectivity index (χ3v) is 13.9. The first-order chi connectivity index (χ1) is 27.2. The Bertz CT molecular complexity index is 3410. The molecule has 0 spiro atoms. The molecular formula is C51H39BN2O2. The summed E-state index contributed by atoms with van der Waals surface area (Å²) in [4.78, 5) is 2.59. The van der Waals surface area contributed by atoms with Gasteiger partial charge in [0.15, 0.2) is 0 Å². The molecule has 268 valence electrons. The Morgan fingerprint density at radius 3 is 2.00 bits per heavy atom. The van der Waals surface area contributed by atoms with Gasteiger partial charge in [-0.2, -0.15) is 0 Å². The van der Waals surface area contributed by atoms with Crippen LogP contribution in [0.3, 0.4) is 0 Å². The minimum atomic E-state index is -0.104. The average molecular weight is 723 g/mol. The second kappa shape index (κ2) is 10.2. The SMILES string of the molecule is Cc1cc2c(cc1N1c3cc4oc5ccccc5c4cc3B3c4c1cc1c(oc5ccccc51)c4-c1cccc4c5ccccc5n3c14)C(C)(C)CCC2(C)C. The maximum atomic E-state index is 6.99. The zero-order valence-corrected chi connectivity index (χ0v) is 32.2. The predicted molar refractivity (Wildman–Crippen MR) is 235 cm³/mol. The highest BCUT2D eigenvalue weighted by Crippen LogP contribution is 2.53. The summed E-state index contributed by atoms with van der Waals surface area (Å²) in [5.74, 6) is 0. The van der Waals surface area contributed by atoms with E-state index in [1.807, 2.05) is 0 Å². The van der Waals surface area contributed by atoms with Crippen molar-refractivity contribution in [1.82, 2.24) is 4.48 Å². The van der Waals surface area contributed by atoms with E-state index in [2.05, 4.69) is 165 Å². The lowest BCUT2D eigenvalue weighted by Crippen LogP contribution is -2.56. The Morgan fingerprint density at radius 1 is 0.554 bits per heavy atom. The number of para-hydroxylation sites is 4. The molecule has 0 atom stereocenters. The minimum Gasteiger partial charge on any atom is -0.456 e. The van der Waals surface area contributed by atoms with Gasteiger partial charge in [0.25, 0.3) is 0 Å². The Labute approximate surface area is 325 Å². The number of rotatable bonds is 1. The smallest absolute Gasteiger partial charge is 0.333 e. The fourth-order valence-electron chi connectivity index (χ4n) is 11.1. The van der Waals surface area contributed by atoms with E-state index in [4.69, 9.17) is 8.83 Å². The second-order valence-electron chi connectivity index (χ2n) is 17.9. The molecule has 0 radical (unpaired) electrons. The van der Waals surface area contributed by atoms with Crippen molar-refractivity contribution in [3.05, 3.63) is 138 Å². The van der Waals surface area contributed by atoms with Crippen molar-refractivity contribution in [3.8, 4) is 11.1 Å². The van der Waals surface area contributed by atoms with Crippen molar-refractivity contribution in [2.24, 2.45) is 0 Å². The fourth-order valence-corrected chi connectivity index (χ4v) is 11.1. The van der Waals surface area contributed by atoms with Gasteiger partial charge in [0.1, 0.15) is 22.3 Å². The molecule has 0 unspecified atom stereocenters. The monoisotopic (exact) mass is 722 g/mol. The number of hydrogen-bond donors (Lipinski definition) is 0. The number of nitrogens with zero attached hydrogens (tertiary/aromatic N) is 2. The van der Waals surface area contributed by atoms with E-state index in [0.717, 1.165) is 56.0 Å². The van der Waals surface area contributed by atoms with Crippen molar-refractivity contribution in [2.75, 3.05) is 4.90 Å². The molecule has 1 aliphatic carbocycles. The van der Waals surface area contributed by atoms with Gasteiger partial charge in [-0.1, -0.05) is 113 Å². The molecule has 5 heteroatoms. The van der Waals surface area contributed by atoms with Crippen LogP contribution < -0.4 is 15.8 Å². The second-order valence-corrected chi connectivity index (χ2v) is 17.9. The molecule has 0 N–H and O–H groups in total. The van der Waals surface area contributed by atoms with Crippen LogP contribution in [-0.4, -0.2) is 11.3 Å². The third-order valence-electron chi connectivity index (χ3n) is 13.9. The number of fused-ring (bicyclic) bond motifs is 15. The number of hydrogen-bond acceptors (Lipinski definition) is 3. The molecule has 0 saturated heterocycles. The van der Waals surface area contributed by atoms with Gasteiger partial charge in [-0.25, -0.2) is 0 Å². The van der Waals surface area contributed by atoms with Gasteiger partial charge < -0.3 is 18.2 Å². The molecule has 0 saturated carbocycles. The maximum Gasteiger partial charge on any atom is 0.333 e. The van der Waals surface area contributed by atoms with E-state index in [0.29, 0.717) is 0 Å². The quantitative estimate of drug-likeness (QED) is 0.158. The zero-order chi connectivity index (χ0) is 37.4. The number of furan rings is 2. The molecule has 3 aliphatic rings. The van der Waals surface area contributed by atoms with Crippen LogP contribution in [-0.2, 0) is 10.8 Å². The standard InChI is InChI=1S/C51H39BN2O2/c1-28-23-36-37(51(4,5)22-21-50(36,2)3)26-40(28)53-41-27-45-34(30-14-7-10-19-43(30)55-45)24-38(41)52-47-42(53)25-35-31-15-8-11-20-44(31)56-49(35)46(47)33-17-12-16-32-29-13-6-9-18-39(29)54(52)48(32)33/h6-20,23-27H,21-22H2,1-5H3. The summed E-state index contributed by atoms with van der Waals surface area (Å²) in [7, 11) is 0. The maximum absolute atomic E-state index is 6.99. The van der Waals surface area contributed by atoms with Gasteiger partial charge in [0.2, 0.25) is 0 Å². The Hall–Kier alpha value is -6.20. The number of aromatic nitrogens is 1. The summed E-state index contributed by atoms with van der Waals surface area (Å²) < 4.78 is 16.3. The fraction of sp³-hybridized carbons (Fsp3) is 0.176. The van der Waals surface area contributed by atoms with Crippen LogP contribution in [0.5, 0.6) is 0 Å². The molecule has 10 aromatic rings. The Balaban J connectivity index is 1.25. The molecule has 4 nitrogen and oxygen atoms in total. The first-order valence-corrected chi connectivity index (χ1v) is 20.1. The van der Waals surface area contributed by atoms with Gasteiger partial charge in [-0.15, -0.1) is 0 Å². The predicted octanol–water partition coefficient (Wildman–Crippen LogP) is 12.7. The summed E-state index contributed by atoms with van der Waals surface area (Å²) in [6.45, 7) is 11.9. The molecule has 5 heterocycles. The Kier molecular flexibility index (Phi) is 5.63. The van der Waals surface area contributed by atoms with Gasteiger partial charge in [-0.05, 0) is 88.5 Å². The van der Waals surface area contributed by atoms with Crippen molar-refractivity contribution in [2.45, 2.75) is 58.3 Å². The molecular weight excluding hydrogens is 683 g/mol. The molecule has 7 aromatic carbocycles. The highest BCUT2D eigenvalue weighted by Gasteiger charge is 2.46. The van der Waals surface area contributed by atoms with E-state index in [1.54, 1.807) is 0 Å². The van der Waals surface area contributed by atoms with E-state index < -0.39 is 0 Å². The topological polar surface area (TPSA) is 34.5 Å². The van der Waals surface area contributed by atoms with Crippen LogP contribution in [0.25, 0.3) is 76.8 Å². The van der Waals surface area contributed by atoms with Crippen LogP contribution >= 0.6 is 0 Å².